The van der Waals surface area contributed by atoms with Gasteiger partial charge in [-0.3, -0.25) is 10.1 Å². The van der Waals surface area contributed by atoms with Crippen LogP contribution in [0.15, 0.2) is 18.2 Å². The molecule has 1 aromatic carbocycles. The largest absolute Gasteiger partial charge is 0.416 e. The smallest absolute Gasteiger partial charge is 0.380 e. The maximum Gasteiger partial charge on any atom is 0.416 e. The van der Waals surface area contributed by atoms with Crippen LogP contribution in [0.1, 0.15) is 12.5 Å². The molecule has 1 fully saturated rings. The molecule has 0 bridgehead atoms. The van der Waals surface area contributed by atoms with Crippen molar-refractivity contribution in [2.75, 3.05) is 25.1 Å². The molecule has 0 amide bonds. The maximum absolute atomic E-state index is 12.5. The molecular formula is C12H13F3N2O3. The Morgan fingerprint density at radius 1 is 1.45 bits per heavy atom. The van der Waals surface area contributed by atoms with Gasteiger partial charge in [-0.2, -0.15) is 13.2 Å². The minimum atomic E-state index is -4.60. The fraction of sp³-hybridized carbons (Fsp3) is 0.500. The molecule has 1 saturated heterocycles. The molecule has 20 heavy (non-hydrogen) atoms. The molecule has 110 valence electrons. The molecule has 0 atom stereocenters. The van der Waals surface area contributed by atoms with E-state index in [1.807, 2.05) is 6.92 Å². The van der Waals surface area contributed by atoms with Crippen molar-refractivity contribution in [3.8, 4) is 0 Å². The number of alkyl halides is 3. The number of rotatable bonds is 4. The molecule has 1 N–H and O–H groups in total. The van der Waals surface area contributed by atoms with Crippen molar-refractivity contribution in [1.82, 2.24) is 0 Å². The van der Waals surface area contributed by atoms with Crippen molar-refractivity contribution < 1.29 is 22.8 Å². The van der Waals surface area contributed by atoms with E-state index in [1.165, 1.54) is 0 Å². The third kappa shape index (κ3) is 3.01. The highest BCUT2D eigenvalue weighted by atomic mass is 19.4. The van der Waals surface area contributed by atoms with Crippen LogP contribution in [-0.4, -0.2) is 24.7 Å². The molecule has 0 aliphatic carbocycles. The Hall–Kier alpha value is -1.83. The summed E-state index contributed by atoms with van der Waals surface area (Å²) in [6, 6.07) is 2.46. The van der Waals surface area contributed by atoms with Gasteiger partial charge in [-0.1, -0.05) is 6.92 Å². The average Bonchev–Trinajstić information content (AvgIpc) is 2.32. The van der Waals surface area contributed by atoms with Crippen molar-refractivity contribution in [3.63, 3.8) is 0 Å². The first-order valence-corrected chi connectivity index (χ1v) is 5.89. The van der Waals surface area contributed by atoms with E-state index < -0.39 is 22.4 Å². The summed E-state index contributed by atoms with van der Waals surface area (Å²) in [5, 5.41) is 13.7. The average molecular weight is 290 g/mol. The normalized spacial score (nSPS) is 17.4. The van der Waals surface area contributed by atoms with E-state index in [9.17, 15) is 23.3 Å². The molecule has 1 aromatic rings. The monoisotopic (exact) mass is 290 g/mol. The topological polar surface area (TPSA) is 64.4 Å². The van der Waals surface area contributed by atoms with Gasteiger partial charge in [0, 0.05) is 18.0 Å². The highest BCUT2D eigenvalue weighted by Gasteiger charge is 2.35. The first-order valence-electron chi connectivity index (χ1n) is 5.89. The molecule has 0 saturated carbocycles. The number of halogens is 3. The van der Waals surface area contributed by atoms with Gasteiger partial charge in [-0.25, -0.2) is 0 Å². The summed E-state index contributed by atoms with van der Waals surface area (Å²) in [7, 11) is 0. The number of hydrogen-bond donors (Lipinski definition) is 1. The van der Waals surface area contributed by atoms with Gasteiger partial charge >= 0.3 is 6.18 Å². The van der Waals surface area contributed by atoms with Gasteiger partial charge in [0.15, 0.2) is 0 Å². The third-order valence-electron chi connectivity index (χ3n) is 3.13. The van der Waals surface area contributed by atoms with Crippen molar-refractivity contribution in [1.29, 1.82) is 0 Å². The molecule has 5 nitrogen and oxygen atoms in total. The minimum absolute atomic E-state index is 0.0797. The molecule has 0 spiro atoms. The Bertz CT molecular complexity index is 527. The second-order valence-electron chi connectivity index (χ2n) is 5.14. The molecule has 2 rings (SSSR count). The summed E-state index contributed by atoms with van der Waals surface area (Å²) in [6.45, 7) is 3.38. The van der Waals surface area contributed by atoms with Gasteiger partial charge in [-0.05, 0) is 12.1 Å². The summed E-state index contributed by atoms with van der Waals surface area (Å²) in [5.74, 6) is 0. The highest BCUT2D eigenvalue weighted by Crippen LogP contribution is 2.36. The van der Waals surface area contributed by atoms with Crippen LogP contribution in [0, 0.1) is 15.5 Å². The molecular weight excluding hydrogens is 277 g/mol. The van der Waals surface area contributed by atoms with Gasteiger partial charge in [0.05, 0.1) is 23.7 Å². The first kappa shape index (κ1) is 14.6. The molecule has 0 aromatic heterocycles. The van der Waals surface area contributed by atoms with E-state index in [1.54, 1.807) is 0 Å². The summed E-state index contributed by atoms with van der Waals surface area (Å²) in [6.07, 6.45) is -4.60. The van der Waals surface area contributed by atoms with Crippen LogP contribution >= 0.6 is 0 Å². The number of anilines is 1. The zero-order valence-electron chi connectivity index (χ0n) is 10.7. The quantitative estimate of drug-likeness (QED) is 0.683. The number of nitro benzene ring substituents is 1. The standard InChI is InChI=1S/C12H13F3N2O3/c1-11(6-20-7-11)5-16-9-3-2-8(12(13,14)15)4-10(9)17(18)19/h2-4,16H,5-7H2,1H3. The number of nitrogens with one attached hydrogen (secondary N) is 1. The first-order chi connectivity index (χ1) is 9.21. The maximum atomic E-state index is 12.5. The Labute approximate surface area is 112 Å². The fourth-order valence-electron chi connectivity index (χ4n) is 1.87. The van der Waals surface area contributed by atoms with E-state index in [0.717, 1.165) is 12.1 Å². The van der Waals surface area contributed by atoms with Gasteiger partial charge in [0.1, 0.15) is 5.69 Å². The number of benzene rings is 1. The van der Waals surface area contributed by atoms with Gasteiger partial charge in [0.2, 0.25) is 0 Å². The van der Waals surface area contributed by atoms with Crippen LogP contribution in [0.25, 0.3) is 0 Å². The van der Waals surface area contributed by atoms with Crippen LogP contribution in [0.3, 0.4) is 0 Å². The molecule has 1 aliphatic heterocycles. The molecule has 0 unspecified atom stereocenters. The van der Waals surface area contributed by atoms with E-state index in [-0.39, 0.29) is 11.1 Å². The third-order valence-corrected chi connectivity index (χ3v) is 3.13. The highest BCUT2D eigenvalue weighted by molar-refractivity contribution is 5.63. The van der Waals surface area contributed by atoms with Crippen molar-refractivity contribution in [2.24, 2.45) is 5.41 Å². The number of ether oxygens (including phenoxy) is 1. The summed E-state index contributed by atoms with van der Waals surface area (Å²) in [4.78, 5) is 10.1. The molecule has 1 aliphatic rings. The zero-order valence-corrected chi connectivity index (χ0v) is 10.7. The zero-order chi connectivity index (χ0) is 15.0. The Morgan fingerprint density at radius 3 is 2.55 bits per heavy atom. The van der Waals surface area contributed by atoms with E-state index in [0.29, 0.717) is 25.8 Å². The van der Waals surface area contributed by atoms with Crippen molar-refractivity contribution in [3.05, 3.63) is 33.9 Å². The van der Waals surface area contributed by atoms with Crippen molar-refractivity contribution >= 4 is 11.4 Å². The minimum Gasteiger partial charge on any atom is -0.380 e. The second kappa shape index (κ2) is 4.93. The summed E-state index contributed by atoms with van der Waals surface area (Å²) < 4.78 is 42.7. The van der Waals surface area contributed by atoms with Gasteiger partial charge in [0.25, 0.3) is 5.69 Å². The lowest BCUT2D eigenvalue weighted by atomic mass is 9.88. The van der Waals surface area contributed by atoms with Crippen molar-refractivity contribution in [2.45, 2.75) is 13.1 Å². The Balaban J connectivity index is 2.21. The van der Waals surface area contributed by atoms with E-state index >= 15 is 0 Å². The number of nitro groups is 1. The SMILES string of the molecule is CC1(CNc2ccc(C(F)(F)F)cc2[N+](=O)[O-])COC1. The van der Waals surface area contributed by atoms with Crippen LogP contribution in [0.5, 0.6) is 0 Å². The second-order valence-corrected chi connectivity index (χ2v) is 5.14. The molecule has 1 heterocycles. The Morgan fingerprint density at radius 2 is 2.10 bits per heavy atom. The van der Waals surface area contributed by atoms with Crippen LogP contribution < -0.4 is 5.32 Å². The summed E-state index contributed by atoms with van der Waals surface area (Å²) in [5.41, 5.74) is -1.68. The number of hydrogen-bond acceptors (Lipinski definition) is 4. The van der Waals surface area contributed by atoms with Gasteiger partial charge < -0.3 is 10.1 Å². The fourth-order valence-corrected chi connectivity index (χ4v) is 1.87. The predicted molar refractivity (Wildman–Crippen MR) is 65.5 cm³/mol. The van der Waals surface area contributed by atoms with E-state index in [4.69, 9.17) is 4.74 Å². The lowest BCUT2D eigenvalue weighted by molar-refractivity contribution is -0.384. The van der Waals surface area contributed by atoms with Crippen LogP contribution in [-0.2, 0) is 10.9 Å². The molecule has 0 radical (unpaired) electrons. The lowest BCUT2D eigenvalue weighted by Crippen LogP contribution is -2.45. The Kier molecular flexibility index (Phi) is 3.59. The van der Waals surface area contributed by atoms with Crippen LogP contribution in [0.4, 0.5) is 24.5 Å². The number of nitrogens with zero attached hydrogens (tertiary/aromatic N) is 1. The molecule has 8 heteroatoms. The predicted octanol–water partition coefficient (Wildman–Crippen LogP) is 3.06. The van der Waals surface area contributed by atoms with E-state index in [2.05, 4.69) is 5.32 Å². The van der Waals surface area contributed by atoms with Gasteiger partial charge in [-0.15, -0.1) is 0 Å². The summed E-state index contributed by atoms with van der Waals surface area (Å²) >= 11 is 0. The lowest BCUT2D eigenvalue weighted by Gasteiger charge is -2.38. The van der Waals surface area contributed by atoms with Crippen LogP contribution in [0.2, 0.25) is 0 Å².